The molecule has 4 fully saturated rings. The summed E-state index contributed by atoms with van der Waals surface area (Å²) in [6, 6.07) is 5.66. The molecular weight excluding hydrogens is 411 g/mol. The molecular formula is C22H24Cl2N2O3. The van der Waals surface area contributed by atoms with Crippen molar-refractivity contribution in [3.05, 3.63) is 39.6 Å². The summed E-state index contributed by atoms with van der Waals surface area (Å²) >= 11 is 12.8. The fourth-order valence-electron chi connectivity index (χ4n) is 4.67. The average Bonchev–Trinajstić information content (AvgIpc) is 3.37. The minimum Gasteiger partial charge on any atom is -0.459 e. The van der Waals surface area contributed by atoms with Crippen molar-refractivity contribution >= 4 is 29.2 Å². The summed E-state index contributed by atoms with van der Waals surface area (Å²) in [7, 11) is 0. The first-order valence-corrected chi connectivity index (χ1v) is 11.1. The third-order valence-electron chi connectivity index (χ3n) is 6.68. The van der Waals surface area contributed by atoms with Gasteiger partial charge in [0.05, 0.1) is 10.0 Å². The lowest BCUT2D eigenvalue weighted by Crippen LogP contribution is -2.36. The highest BCUT2D eigenvalue weighted by Crippen LogP contribution is 2.51. The Kier molecular flexibility index (Phi) is 4.88. The highest BCUT2D eigenvalue weighted by atomic mass is 35.5. The van der Waals surface area contributed by atoms with Crippen LogP contribution in [0.2, 0.25) is 10.0 Å². The van der Waals surface area contributed by atoms with Gasteiger partial charge in [-0.25, -0.2) is 4.79 Å². The van der Waals surface area contributed by atoms with Crippen molar-refractivity contribution in [2.45, 2.75) is 63.0 Å². The van der Waals surface area contributed by atoms with Crippen LogP contribution in [-0.2, 0) is 10.2 Å². The number of nitrogens with zero attached hydrogens (tertiary/aromatic N) is 1. The van der Waals surface area contributed by atoms with Gasteiger partial charge in [0, 0.05) is 17.0 Å². The zero-order valence-corrected chi connectivity index (χ0v) is 17.9. The average molecular weight is 435 g/mol. The third-order valence-corrected chi connectivity index (χ3v) is 7.31. The van der Waals surface area contributed by atoms with E-state index in [1.54, 1.807) is 18.2 Å². The molecule has 3 heterocycles. The molecule has 0 spiro atoms. The highest BCUT2D eigenvalue weighted by Gasteiger charge is 2.48. The second kappa shape index (κ2) is 7.29. The zero-order valence-electron chi connectivity index (χ0n) is 16.3. The molecule has 5 nitrogen and oxygen atoms in total. The quantitative estimate of drug-likeness (QED) is 0.653. The number of aromatic nitrogens is 1. The molecule has 0 amide bonds. The molecule has 2 aromatic rings. The number of carbonyl (C=O) groups excluding carboxylic acids is 1. The molecule has 4 aliphatic rings. The van der Waals surface area contributed by atoms with Gasteiger partial charge in [0.15, 0.2) is 5.76 Å². The summed E-state index contributed by atoms with van der Waals surface area (Å²) in [6.45, 7) is 3.09. The van der Waals surface area contributed by atoms with E-state index in [2.05, 4.69) is 17.4 Å². The molecule has 2 aliphatic heterocycles. The number of fused-ring (bicyclic) bond motifs is 4. The lowest BCUT2D eigenvalue weighted by Gasteiger charge is -2.23. The van der Waals surface area contributed by atoms with E-state index >= 15 is 0 Å². The summed E-state index contributed by atoms with van der Waals surface area (Å²) in [5.74, 6) is 0.766. The molecule has 7 heteroatoms. The first kappa shape index (κ1) is 19.4. The van der Waals surface area contributed by atoms with Gasteiger partial charge in [-0.05, 0) is 63.1 Å². The van der Waals surface area contributed by atoms with Crippen LogP contribution >= 0.6 is 23.2 Å². The van der Waals surface area contributed by atoms with E-state index in [0.717, 1.165) is 38.6 Å². The first-order valence-electron chi connectivity index (χ1n) is 10.3. The van der Waals surface area contributed by atoms with E-state index in [-0.39, 0.29) is 17.5 Å². The molecule has 6 rings (SSSR count). The summed E-state index contributed by atoms with van der Waals surface area (Å²) in [5.41, 5.74) is 1.09. The molecule has 1 aromatic carbocycles. The van der Waals surface area contributed by atoms with Crippen molar-refractivity contribution in [2.24, 2.45) is 5.92 Å². The summed E-state index contributed by atoms with van der Waals surface area (Å²) in [6.07, 6.45) is 5.90. The first-order chi connectivity index (χ1) is 13.9. The van der Waals surface area contributed by atoms with Crippen LogP contribution in [0, 0.1) is 5.92 Å². The lowest BCUT2D eigenvalue weighted by molar-refractivity contribution is 0.0246. The van der Waals surface area contributed by atoms with Crippen molar-refractivity contribution in [1.29, 1.82) is 0 Å². The van der Waals surface area contributed by atoms with E-state index in [4.69, 9.17) is 32.5 Å². The molecule has 2 saturated heterocycles. The number of hydrogen-bond acceptors (Lipinski definition) is 5. The second-order valence-electron chi connectivity index (χ2n) is 8.94. The van der Waals surface area contributed by atoms with Crippen LogP contribution in [0.4, 0.5) is 0 Å². The van der Waals surface area contributed by atoms with E-state index in [9.17, 15) is 4.79 Å². The smallest absolute Gasteiger partial charge is 0.344 e. The summed E-state index contributed by atoms with van der Waals surface area (Å²) in [5, 5.41) is 8.66. The lowest BCUT2D eigenvalue weighted by atomic mass is 9.96. The predicted molar refractivity (Wildman–Crippen MR) is 111 cm³/mol. The van der Waals surface area contributed by atoms with Gasteiger partial charge in [-0.3, -0.25) is 0 Å². The normalized spacial score (nSPS) is 27.5. The number of halogens is 2. The number of nitrogens with one attached hydrogen (secondary N) is 1. The molecule has 1 aromatic heterocycles. The zero-order chi connectivity index (χ0) is 20.2. The maximum Gasteiger partial charge on any atom is 0.344 e. The van der Waals surface area contributed by atoms with Gasteiger partial charge in [-0.2, -0.15) is 0 Å². The van der Waals surface area contributed by atoms with Gasteiger partial charge in [0.2, 0.25) is 0 Å². The Morgan fingerprint density at radius 3 is 2.66 bits per heavy atom. The van der Waals surface area contributed by atoms with Crippen LogP contribution in [0.1, 0.15) is 61.6 Å². The molecule has 2 bridgehead atoms. The highest BCUT2D eigenvalue weighted by molar-refractivity contribution is 6.39. The molecule has 1 N–H and O–H groups in total. The Labute approximate surface area is 180 Å². The molecule has 1 unspecified atom stereocenters. The van der Waals surface area contributed by atoms with Gasteiger partial charge in [-0.15, -0.1) is 0 Å². The van der Waals surface area contributed by atoms with Crippen LogP contribution in [0.5, 0.6) is 0 Å². The maximum atomic E-state index is 13.4. The Bertz CT molecular complexity index is 911. The maximum absolute atomic E-state index is 13.4. The van der Waals surface area contributed by atoms with E-state index in [1.165, 1.54) is 6.42 Å². The van der Waals surface area contributed by atoms with Crippen LogP contribution in [0.15, 0.2) is 22.7 Å². The number of carbonyl (C=O) groups is 1. The molecule has 2 aliphatic carbocycles. The Balaban J connectivity index is 1.51. The van der Waals surface area contributed by atoms with Gasteiger partial charge in [0.1, 0.15) is 17.4 Å². The van der Waals surface area contributed by atoms with Crippen LogP contribution in [0.3, 0.4) is 0 Å². The summed E-state index contributed by atoms with van der Waals surface area (Å²) in [4.78, 5) is 13.4. The van der Waals surface area contributed by atoms with E-state index in [1.807, 2.05) is 0 Å². The van der Waals surface area contributed by atoms with Crippen molar-refractivity contribution in [1.82, 2.24) is 10.5 Å². The monoisotopic (exact) mass is 434 g/mol. The molecule has 154 valence electrons. The molecule has 3 atom stereocenters. The predicted octanol–water partition coefficient (Wildman–Crippen LogP) is 5.39. The molecule has 29 heavy (non-hydrogen) atoms. The largest absolute Gasteiger partial charge is 0.459 e. The fourth-order valence-corrected chi connectivity index (χ4v) is 5.25. The SMILES string of the molecule is CC1(c2onc(-c3c(Cl)cccc3Cl)c2C(=O)O[C@@H]2CC3CC[C@H](CN3)C2)CC1. The number of esters is 1. The number of piperidine rings is 1. The number of ether oxygens (including phenoxy) is 1. The Hall–Kier alpha value is -1.56. The van der Waals surface area contributed by atoms with Crippen LogP contribution in [-0.4, -0.2) is 29.8 Å². The molecule has 2 saturated carbocycles. The van der Waals surface area contributed by atoms with E-state index < -0.39 is 0 Å². The van der Waals surface area contributed by atoms with Crippen LogP contribution < -0.4 is 5.32 Å². The second-order valence-corrected chi connectivity index (χ2v) is 9.75. The fraction of sp³-hybridized carbons (Fsp3) is 0.545. The standard InChI is InChI=1S/C22H24Cl2N2O3/c1-22(7-8-22)20-18(19(26-29-20)17-15(23)3-2-4-16(17)24)21(27)28-14-9-12-5-6-13(10-14)25-11-12/h2-4,12-14,25H,5-11H2,1H3/t12-,13?,14-/m0/s1. The topological polar surface area (TPSA) is 64.4 Å². The van der Waals surface area contributed by atoms with Crippen molar-refractivity contribution in [2.75, 3.05) is 6.54 Å². The Morgan fingerprint density at radius 1 is 1.24 bits per heavy atom. The molecule has 0 radical (unpaired) electrons. The summed E-state index contributed by atoms with van der Waals surface area (Å²) < 4.78 is 11.7. The number of rotatable bonds is 4. The third kappa shape index (κ3) is 3.58. The van der Waals surface area contributed by atoms with Crippen molar-refractivity contribution in [3.63, 3.8) is 0 Å². The van der Waals surface area contributed by atoms with Gasteiger partial charge < -0.3 is 14.6 Å². The minimum absolute atomic E-state index is 0.0978. The van der Waals surface area contributed by atoms with Gasteiger partial charge in [-0.1, -0.05) is 41.3 Å². The minimum atomic E-state index is -0.383. The number of hydrogen-bond donors (Lipinski definition) is 1. The van der Waals surface area contributed by atoms with Crippen LogP contribution in [0.25, 0.3) is 11.3 Å². The van der Waals surface area contributed by atoms with Gasteiger partial charge >= 0.3 is 5.97 Å². The van der Waals surface area contributed by atoms with Crippen molar-refractivity contribution < 1.29 is 14.1 Å². The van der Waals surface area contributed by atoms with Crippen molar-refractivity contribution in [3.8, 4) is 11.3 Å². The van der Waals surface area contributed by atoms with E-state index in [0.29, 0.717) is 44.6 Å². The number of benzene rings is 1. The Morgan fingerprint density at radius 2 is 2.00 bits per heavy atom. The van der Waals surface area contributed by atoms with Gasteiger partial charge in [0.25, 0.3) is 0 Å².